The maximum absolute atomic E-state index is 4.41. The first-order valence-corrected chi connectivity index (χ1v) is 7.90. The molecule has 2 heterocycles. The lowest BCUT2D eigenvalue weighted by Gasteiger charge is -2.18. The van der Waals surface area contributed by atoms with Crippen molar-refractivity contribution in [1.82, 2.24) is 14.9 Å². The molecule has 2 aromatic rings. The van der Waals surface area contributed by atoms with E-state index in [1.165, 1.54) is 10.4 Å². The minimum absolute atomic E-state index is 0.455. The Balaban J connectivity index is 2.06. The van der Waals surface area contributed by atoms with Crippen molar-refractivity contribution >= 4 is 11.3 Å². The van der Waals surface area contributed by atoms with Crippen LogP contribution >= 0.6 is 11.3 Å². The van der Waals surface area contributed by atoms with Crippen LogP contribution in [0.1, 0.15) is 42.6 Å². The van der Waals surface area contributed by atoms with E-state index >= 15 is 0 Å². The van der Waals surface area contributed by atoms with Gasteiger partial charge >= 0.3 is 0 Å². The van der Waals surface area contributed by atoms with E-state index < -0.39 is 0 Å². The zero-order valence-electron chi connectivity index (χ0n) is 12.0. The summed E-state index contributed by atoms with van der Waals surface area (Å²) in [5.74, 6) is 1.16. The van der Waals surface area contributed by atoms with E-state index in [1.807, 2.05) is 23.7 Å². The molecule has 0 radical (unpaired) electrons. The number of hydrogen-bond donors (Lipinski definition) is 1. The molecule has 0 aliphatic carbocycles. The average Bonchev–Trinajstić information content (AvgIpc) is 3.03. The Bertz CT molecular complexity index is 501. The summed E-state index contributed by atoms with van der Waals surface area (Å²) in [6.07, 6.45) is 7.12. The van der Waals surface area contributed by atoms with Gasteiger partial charge in [0.25, 0.3) is 0 Å². The number of rotatable bonds is 7. The summed E-state index contributed by atoms with van der Waals surface area (Å²) in [6.45, 7) is 5.41. The number of aromatic nitrogens is 2. The number of hydrogen-bond acceptors (Lipinski definition) is 3. The highest BCUT2D eigenvalue weighted by atomic mass is 32.1. The van der Waals surface area contributed by atoms with Crippen molar-refractivity contribution in [2.24, 2.45) is 7.05 Å². The lowest BCUT2D eigenvalue weighted by atomic mass is 10.0. The van der Waals surface area contributed by atoms with Gasteiger partial charge in [-0.1, -0.05) is 13.8 Å². The minimum Gasteiger partial charge on any atom is -0.338 e. The van der Waals surface area contributed by atoms with Crippen molar-refractivity contribution in [3.05, 3.63) is 40.1 Å². The van der Waals surface area contributed by atoms with Crippen LogP contribution in [-0.4, -0.2) is 16.1 Å². The van der Waals surface area contributed by atoms with Gasteiger partial charge in [0.15, 0.2) is 0 Å². The van der Waals surface area contributed by atoms with Gasteiger partial charge in [-0.05, 0) is 36.4 Å². The van der Waals surface area contributed by atoms with E-state index in [-0.39, 0.29) is 0 Å². The summed E-state index contributed by atoms with van der Waals surface area (Å²) in [5.41, 5.74) is 1.48. The lowest BCUT2D eigenvalue weighted by Crippen LogP contribution is -2.22. The lowest BCUT2D eigenvalue weighted by molar-refractivity contribution is 0.510. The molecule has 1 atom stereocenters. The predicted molar refractivity (Wildman–Crippen MR) is 81.6 cm³/mol. The quantitative estimate of drug-likeness (QED) is 0.841. The third-order valence-electron chi connectivity index (χ3n) is 3.51. The highest BCUT2D eigenvalue weighted by molar-refractivity contribution is 7.10. The van der Waals surface area contributed by atoms with Crippen LogP contribution < -0.4 is 5.32 Å². The monoisotopic (exact) mass is 277 g/mol. The van der Waals surface area contributed by atoms with Gasteiger partial charge in [-0.2, -0.15) is 0 Å². The Morgan fingerprint density at radius 1 is 1.42 bits per heavy atom. The van der Waals surface area contributed by atoms with Crippen molar-refractivity contribution in [3.63, 3.8) is 0 Å². The first-order chi connectivity index (χ1) is 9.26. The number of imidazole rings is 1. The zero-order valence-corrected chi connectivity index (χ0v) is 12.8. The third-order valence-corrected chi connectivity index (χ3v) is 4.58. The highest BCUT2D eigenvalue weighted by Crippen LogP contribution is 2.28. The normalized spacial score (nSPS) is 12.8. The van der Waals surface area contributed by atoms with Gasteiger partial charge in [0.2, 0.25) is 0 Å². The molecular weight excluding hydrogens is 254 g/mol. The molecule has 0 aromatic carbocycles. The van der Waals surface area contributed by atoms with Crippen molar-refractivity contribution in [2.75, 3.05) is 6.54 Å². The van der Waals surface area contributed by atoms with Crippen molar-refractivity contribution in [2.45, 2.75) is 39.2 Å². The molecule has 0 saturated carbocycles. The molecule has 104 valence electrons. The van der Waals surface area contributed by atoms with E-state index in [0.29, 0.717) is 6.04 Å². The fourth-order valence-corrected chi connectivity index (χ4v) is 3.54. The van der Waals surface area contributed by atoms with Crippen LogP contribution in [0, 0.1) is 0 Å². The Morgan fingerprint density at radius 3 is 2.89 bits per heavy atom. The minimum atomic E-state index is 0.455. The molecule has 19 heavy (non-hydrogen) atoms. The van der Waals surface area contributed by atoms with Crippen molar-refractivity contribution < 1.29 is 0 Å². The first-order valence-electron chi connectivity index (χ1n) is 7.02. The predicted octanol–water partition coefficient (Wildman–Crippen LogP) is 3.33. The molecule has 0 bridgehead atoms. The van der Waals surface area contributed by atoms with Crippen LogP contribution in [0.25, 0.3) is 0 Å². The average molecular weight is 277 g/mol. The van der Waals surface area contributed by atoms with E-state index in [2.05, 4.69) is 47.2 Å². The summed E-state index contributed by atoms with van der Waals surface area (Å²) in [6, 6.07) is 2.71. The molecule has 1 N–H and O–H groups in total. The first kappa shape index (κ1) is 14.3. The van der Waals surface area contributed by atoms with E-state index in [9.17, 15) is 0 Å². The van der Waals surface area contributed by atoms with Gasteiger partial charge in [-0.15, -0.1) is 11.3 Å². The maximum atomic E-state index is 4.41. The fraction of sp³-hybridized carbons (Fsp3) is 0.533. The molecule has 4 heteroatoms. The van der Waals surface area contributed by atoms with E-state index in [1.54, 1.807) is 0 Å². The van der Waals surface area contributed by atoms with Crippen molar-refractivity contribution in [3.8, 4) is 0 Å². The summed E-state index contributed by atoms with van der Waals surface area (Å²) < 4.78 is 2.11. The zero-order chi connectivity index (χ0) is 13.7. The van der Waals surface area contributed by atoms with Crippen LogP contribution in [-0.2, 0) is 19.9 Å². The largest absolute Gasteiger partial charge is 0.338 e. The van der Waals surface area contributed by atoms with Gasteiger partial charge in [-0.25, -0.2) is 4.98 Å². The molecule has 0 aliphatic heterocycles. The topological polar surface area (TPSA) is 29.9 Å². The summed E-state index contributed by atoms with van der Waals surface area (Å²) in [4.78, 5) is 5.91. The van der Waals surface area contributed by atoms with Gasteiger partial charge in [-0.3, -0.25) is 0 Å². The second kappa shape index (κ2) is 6.87. The van der Waals surface area contributed by atoms with Crippen LogP contribution in [0.4, 0.5) is 0 Å². The molecule has 0 fully saturated rings. The molecule has 2 aromatic heterocycles. The van der Waals surface area contributed by atoms with Gasteiger partial charge in [0.1, 0.15) is 5.82 Å². The summed E-state index contributed by atoms with van der Waals surface area (Å²) in [5, 5.41) is 5.82. The van der Waals surface area contributed by atoms with Crippen molar-refractivity contribution in [1.29, 1.82) is 0 Å². The van der Waals surface area contributed by atoms with Gasteiger partial charge in [0, 0.05) is 36.8 Å². The SMILES string of the molecule is CCNC(CCc1nccn1C)c1sccc1CC. The molecule has 0 aliphatic rings. The van der Waals surface area contributed by atoms with Crippen LogP contribution in [0.15, 0.2) is 23.8 Å². The van der Waals surface area contributed by atoms with Crippen LogP contribution in [0.3, 0.4) is 0 Å². The fourth-order valence-electron chi connectivity index (χ4n) is 2.43. The Morgan fingerprint density at radius 2 is 2.26 bits per heavy atom. The van der Waals surface area contributed by atoms with E-state index in [4.69, 9.17) is 0 Å². The molecular formula is C15H23N3S. The number of thiophene rings is 1. The molecule has 2 rings (SSSR count). The number of nitrogens with one attached hydrogen (secondary N) is 1. The maximum Gasteiger partial charge on any atom is 0.108 e. The second-order valence-electron chi connectivity index (χ2n) is 4.77. The smallest absolute Gasteiger partial charge is 0.108 e. The standard InChI is InChI=1S/C15H23N3S/c1-4-12-8-11-19-15(12)13(16-5-2)6-7-14-17-9-10-18(14)3/h8-11,13,16H,4-7H2,1-3H3. The summed E-state index contributed by atoms with van der Waals surface area (Å²) >= 11 is 1.87. The number of nitrogens with zero attached hydrogens (tertiary/aromatic N) is 2. The van der Waals surface area contributed by atoms with Gasteiger partial charge in [0.05, 0.1) is 0 Å². The molecule has 0 spiro atoms. The molecule has 0 saturated heterocycles. The molecule has 0 amide bonds. The Labute approximate surface area is 119 Å². The molecule has 1 unspecified atom stereocenters. The second-order valence-corrected chi connectivity index (χ2v) is 5.71. The Kier molecular flexibility index (Phi) is 5.16. The summed E-state index contributed by atoms with van der Waals surface area (Å²) in [7, 11) is 2.06. The highest BCUT2D eigenvalue weighted by Gasteiger charge is 2.16. The van der Waals surface area contributed by atoms with Gasteiger partial charge < -0.3 is 9.88 Å². The van der Waals surface area contributed by atoms with Crippen LogP contribution in [0.2, 0.25) is 0 Å². The number of aryl methyl sites for hydroxylation is 3. The third kappa shape index (κ3) is 3.45. The van der Waals surface area contributed by atoms with Crippen LogP contribution in [0.5, 0.6) is 0 Å². The molecule has 3 nitrogen and oxygen atoms in total. The van der Waals surface area contributed by atoms with E-state index in [0.717, 1.165) is 31.6 Å². The Hall–Kier alpha value is -1.13.